The van der Waals surface area contributed by atoms with E-state index in [1.54, 1.807) is 12.2 Å². The highest BCUT2D eigenvalue weighted by molar-refractivity contribution is 9.10. The van der Waals surface area contributed by atoms with Crippen LogP contribution in [0.3, 0.4) is 0 Å². The number of halogens is 2. The quantitative estimate of drug-likeness (QED) is 0.322. The second-order valence-electron chi connectivity index (χ2n) is 5.82. The Labute approximate surface area is 179 Å². The minimum atomic E-state index is 0.230. The Morgan fingerprint density at radius 2 is 1.93 bits per heavy atom. The van der Waals surface area contributed by atoms with Gasteiger partial charge in [-0.25, -0.2) is 4.98 Å². The van der Waals surface area contributed by atoms with E-state index in [1.807, 2.05) is 47.8 Å². The molecule has 0 unspecified atom stereocenters. The molecule has 1 aliphatic heterocycles. The number of ether oxygens (including phenoxy) is 2. The van der Waals surface area contributed by atoms with E-state index in [2.05, 4.69) is 27.0 Å². The molecule has 4 rings (SSSR count). The third kappa shape index (κ3) is 3.97. The number of fused-ring (bicyclic) bond motifs is 1. The van der Waals surface area contributed by atoms with Crippen LogP contribution in [-0.4, -0.2) is 11.8 Å². The standard InChI is InChI=1S/C21H12BrClN2O2S/c22-16-5-1-13(2-6-16)17(23)7-3-15(10-24)21-25-18(11-28-21)14-4-8-19-20(9-14)27-12-26-19/h1-9,11H,12H2/b15-3+,17-7+. The van der Waals surface area contributed by atoms with Crippen molar-refractivity contribution in [1.29, 1.82) is 5.26 Å². The maximum Gasteiger partial charge on any atom is 0.231 e. The van der Waals surface area contributed by atoms with Crippen molar-refractivity contribution in [2.45, 2.75) is 0 Å². The molecule has 0 fully saturated rings. The molecule has 7 heteroatoms. The van der Waals surface area contributed by atoms with Crippen LogP contribution >= 0.6 is 38.9 Å². The molecule has 0 radical (unpaired) electrons. The van der Waals surface area contributed by atoms with Crippen molar-refractivity contribution >= 4 is 49.5 Å². The number of thiazole rings is 1. The van der Waals surface area contributed by atoms with Crippen molar-refractivity contribution in [1.82, 2.24) is 4.98 Å². The summed E-state index contributed by atoms with van der Waals surface area (Å²) in [5, 5.41) is 12.6. The predicted octanol–water partition coefficient (Wildman–Crippen LogP) is 6.49. The molecular formula is C21H12BrClN2O2S. The van der Waals surface area contributed by atoms with Crippen LogP contribution in [0.5, 0.6) is 11.5 Å². The topological polar surface area (TPSA) is 55.1 Å². The molecule has 0 bridgehead atoms. The van der Waals surface area contributed by atoms with Gasteiger partial charge in [0, 0.05) is 20.4 Å². The van der Waals surface area contributed by atoms with Crippen molar-refractivity contribution < 1.29 is 9.47 Å². The molecule has 0 saturated heterocycles. The first-order chi connectivity index (χ1) is 13.6. The largest absolute Gasteiger partial charge is 0.454 e. The maximum absolute atomic E-state index is 9.54. The second-order valence-corrected chi connectivity index (χ2v) is 8.00. The monoisotopic (exact) mass is 470 g/mol. The summed E-state index contributed by atoms with van der Waals surface area (Å²) in [4.78, 5) is 4.59. The summed E-state index contributed by atoms with van der Waals surface area (Å²) in [6.07, 6.45) is 3.40. The van der Waals surface area contributed by atoms with E-state index in [0.717, 1.165) is 27.0 Å². The van der Waals surface area contributed by atoms with Crippen LogP contribution in [-0.2, 0) is 0 Å². The van der Waals surface area contributed by atoms with Crippen molar-refractivity contribution in [2.24, 2.45) is 0 Å². The summed E-state index contributed by atoms with van der Waals surface area (Å²) < 4.78 is 11.7. The van der Waals surface area contributed by atoms with Crippen molar-refractivity contribution in [3.63, 3.8) is 0 Å². The number of rotatable bonds is 4. The Bertz CT molecular complexity index is 1130. The summed E-state index contributed by atoms with van der Waals surface area (Å²) in [6, 6.07) is 15.5. The fraction of sp³-hybridized carbons (Fsp3) is 0.0476. The highest BCUT2D eigenvalue weighted by Gasteiger charge is 2.15. The van der Waals surface area contributed by atoms with E-state index >= 15 is 0 Å². The minimum Gasteiger partial charge on any atom is -0.454 e. The van der Waals surface area contributed by atoms with Crippen LogP contribution < -0.4 is 9.47 Å². The van der Waals surface area contributed by atoms with Gasteiger partial charge in [0.05, 0.1) is 11.3 Å². The van der Waals surface area contributed by atoms with Gasteiger partial charge in [0.2, 0.25) is 6.79 Å². The van der Waals surface area contributed by atoms with Gasteiger partial charge in [0.1, 0.15) is 11.1 Å². The number of hydrogen-bond acceptors (Lipinski definition) is 5. The first-order valence-electron chi connectivity index (χ1n) is 8.23. The molecule has 138 valence electrons. The Morgan fingerprint density at radius 1 is 1.14 bits per heavy atom. The van der Waals surface area contributed by atoms with E-state index in [1.165, 1.54) is 11.3 Å². The average molecular weight is 472 g/mol. The lowest BCUT2D eigenvalue weighted by atomic mass is 10.1. The molecule has 0 N–H and O–H groups in total. The fourth-order valence-corrected chi connectivity index (χ4v) is 3.86. The zero-order valence-electron chi connectivity index (χ0n) is 14.4. The highest BCUT2D eigenvalue weighted by Crippen LogP contribution is 2.36. The van der Waals surface area contributed by atoms with Crippen LogP contribution in [0.15, 0.2) is 64.5 Å². The van der Waals surface area contributed by atoms with Crippen molar-refractivity contribution in [2.75, 3.05) is 6.79 Å². The lowest BCUT2D eigenvalue weighted by molar-refractivity contribution is 0.174. The zero-order valence-corrected chi connectivity index (χ0v) is 17.5. The molecule has 1 aliphatic rings. The molecule has 2 heterocycles. The highest BCUT2D eigenvalue weighted by atomic mass is 79.9. The second kappa shape index (κ2) is 8.19. The van der Waals surface area contributed by atoms with E-state index < -0.39 is 0 Å². The molecule has 0 amide bonds. The first-order valence-corrected chi connectivity index (χ1v) is 10.3. The van der Waals surface area contributed by atoms with Crippen LogP contribution in [0.25, 0.3) is 21.9 Å². The van der Waals surface area contributed by atoms with Gasteiger partial charge in [-0.3, -0.25) is 0 Å². The van der Waals surface area contributed by atoms with Gasteiger partial charge in [0.25, 0.3) is 0 Å². The molecular weight excluding hydrogens is 460 g/mol. The summed E-state index contributed by atoms with van der Waals surface area (Å²) >= 11 is 11.2. The maximum atomic E-state index is 9.54. The summed E-state index contributed by atoms with van der Waals surface area (Å²) in [5.74, 6) is 1.43. The SMILES string of the molecule is N#C/C(=C\C=C(\Cl)c1ccc(Br)cc1)c1nc(-c2ccc3c(c2)OCO3)cs1. The van der Waals surface area contributed by atoms with Gasteiger partial charge >= 0.3 is 0 Å². The number of nitrogens with zero attached hydrogens (tertiary/aromatic N) is 2. The van der Waals surface area contributed by atoms with Crippen molar-refractivity contribution in [3.8, 4) is 28.8 Å². The zero-order chi connectivity index (χ0) is 19.5. The van der Waals surface area contributed by atoms with Gasteiger partial charge < -0.3 is 9.47 Å². The summed E-state index contributed by atoms with van der Waals surface area (Å²) in [6.45, 7) is 0.230. The number of aromatic nitrogens is 1. The Morgan fingerprint density at radius 3 is 2.71 bits per heavy atom. The molecule has 1 aromatic heterocycles. The first kappa shape index (κ1) is 18.8. The number of allylic oxidation sites excluding steroid dienone is 3. The fourth-order valence-electron chi connectivity index (χ4n) is 2.60. The Balaban J connectivity index is 1.59. The average Bonchev–Trinajstić information content (AvgIpc) is 3.38. The lowest BCUT2D eigenvalue weighted by Crippen LogP contribution is -1.92. The van der Waals surface area contributed by atoms with E-state index in [9.17, 15) is 5.26 Å². The van der Waals surface area contributed by atoms with E-state index in [0.29, 0.717) is 21.4 Å². The molecule has 4 nitrogen and oxygen atoms in total. The number of benzene rings is 2. The molecule has 2 aromatic carbocycles. The smallest absolute Gasteiger partial charge is 0.231 e. The number of nitriles is 1. The third-order valence-electron chi connectivity index (χ3n) is 4.04. The minimum absolute atomic E-state index is 0.230. The van der Waals surface area contributed by atoms with Gasteiger partial charge in [-0.2, -0.15) is 5.26 Å². The van der Waals surface area contributed by atoms with Crippen LogP contribution in [0.2, 0.25) is 0 Å². The molecule has 28 heavy (non-hydrogen) atoms. The van der Waals surface area contributed by atoms with Crippen LogP contribution in [0.1, 0.15) is 10.6 Å². The lowest BCUT2D eigenvalue weighted by Gasteiger charge is -1.99. The Hall–Kier alpha value is -2.59. The molecule has 0 spiro atoms. The normalized spacial score (nSPS) is 13.5. The van der Waals surface area contributed by atoms with Gasteiger partial charge in [0.15, 0.2) is 11.5 Å². The van der Waals surface area contributed by atoms with E-state index in [4.69, 9.17) is 21.1 Å². The van der Waals surface area contributed by atoms with Gasteiger partial charge in [-0.1, -0.05) is 39.7 Å². The molecule has 0 atom stereocenters. The van der Waals surface area contributed by atoms with Gasteiger partial charge in [-0.05, 0) is 48.0 Å². The van der Waals surface area contributed by atoms with Crippen molar-refractivity contribution in [3.05, 3.63) is 75.0 Å². The molecule has 3 aromatic rings. The number of hydrogen-bond donors (Lipinski definition) is 0. The van der Waals surface area contributed by atoms with Gasteiger partial charge in [-0.15, -0.1) is 11.3 Å². The third-order valence-corrected chi connectivity index (χ3v) is 5.79. The molecule has 0 aliphatic carbocycles. The predicted molar refractivity (Wildman–Crippen MR) is 115 cm³/mol. The Kier molecular flexibility index (Phi) is 5.49. The van der Waals surface area contributed by atoms with E-state index in [-0.39, 0.29) is 6.79 Å². The van der Waals surface area contributed by atoms with Crippen LogP contribution in [0.4, 0.5) is 0 Å². The summed E-state index contributed by atoms with van der Waals surface area (Å²) in [7, 11) is 0. The molecule has 0 saturated carbocycles. The summed E-state index contributed by atoms with van der Waals surface area (Å²) in [5.41, 5.74) is 3.01. The van der Waals surface area contributed by atoms with Crippen LogP contribution in [0, 0.1) is 11.3 Å².